The van der Waals surface area contributed by atoms with Gasteiger partial charge < -0.3 is 10.1 Å². The molecule has 0 spiro atoms. The van der Waals surface area contributed by atoms with Gasteiger partial charge in [0.1, 0.15) is 5.75 Å². The van der Waals surface area contributed by atoms with Crippen LogP contribution < -0.4 is 10.1 Å². The van der Waals surface area contributed by atoms with Gasteiger partial charge in [0, 0.05) is 17.5 Å². The molecule has 0 atom stereocenters. The zero-order valence-electron chi connectivity index (χ0n) is 14.3. The van der Waals surface area contributed by atoms with Crippen molar-refractivity contribution < 1.29 is 9.53 Å². The Kier molecular flexibility index (Phi) is 7.34. The van der Waals surface area contributed by atoms with Crippen LogP contribution in [-0.2, 0) is 12.8 Å². The Morgan fingerprint density at radius 3 is 2.83 bits per heavy atom. The maximum Gasteiger partial charge on any atom is 0.163 e. The van der Waals surface area contributed by atoms with E-state index in [1.54, 1.807) is 0 Å². The molecular formula is C20H29NO2. The minimum Gasteiger partial charge on any atom is -0.493 e. The van der Waals surface area contributed by atoms with Gasteiger partial charge >= 0.3 is 0 Å². The standard InChI is InChI=1S/C20H29NO2/c1-3-9-18-16-10-8-11-19(22)17(16)12-13-20(18)23-15-7-5-4-6-14-21-2/h3,12-13,21H,1,4-11,14-15H2,2H3. The summed E-state index contributed by atoms with van der Waals surface area (Å²) >= 11 is 0. The SMILES string of the molecule is C=CCc1c(OCCCCCCNC)ccc2c1CCCC2=O. The van der Waals surface area contributed by atoms with E-state index in [1.165, 1.54) is 30.4 Å². The van der Waals surface area contributed by atoms with Crippen LogP contribution in [0.5, 0.6) is 5.75 Å². The summed E-state index contributed by atoms with van der Waals surface area (Å²) in [5.41, 5.74) is 3.25. The topological polar surface area (TPSA) is 38.3 Å². The van der Waals surface area contributed by atoms with E-state index in [4.69, 9.17) is 4.74 Å². The van der Waals surface area contributed by atoms with E-state index in [1.807, 2.05) is 25.3 Å². The van der Waals surface area contributed by atoms with Gasteiger partial charge in [0.25, 0.3) is 0 Å². The lowest BCUT2D eigenvalue weighted by atomic mass is 9.86. The number of ether oxygens (including phenoxy) is 1. The first-order chi connectivity index (χ1) is 11.3. The monoisotopic (exact) mass is 315 g/mol. The van der Waals surface area contributed by atoms with Crippen molar-refractivity contribution in [3.05, 3.63) is 41.5 Å². The van der Waals surface area contributed by atoms with Crippen LogP contribution in [0.1, 0.15) is 60.0 Å². The molecule has 1 aromatic rings. The fourth-order valence-corrected chi connectivity index (χ4v) is 3.22. The third-order valence-electron chi connectivity index (χ3n) is 4.45. The van der Waals surface area contributed by atoms with Crippen LogP contribution in [0.3, 0.4) is 0 Å². The Hall–Kier alpha value is -1.61. The molecule has 1 aliphatic carbocycles. The Balaban J connectivity index is 1.96. The van der Waals surface area contributed by atoms with Gasteiger partial charge in [-0.2, -0.15) is 0 Å². The lowest BCUT2D eigenvalue weighted by molar-refractivity contribution is 0.0972. The van der Waals surface area contributed by atoms with Crippen molar-refractivity contribution in [3.63, 3.8) is 0 Å². The van der Waals surface area contributed by atoms with Gasteiger partial charge in [0.2, 0.25) is 0 Å². The maximum atomic E-state index is 12.1. The highest BCUT2D eigenvalue weighted by molar-refractivity contribution is 5.99. The van der Waals surface area contributed by atoms with Crippen LogP contribution in [0, 0.1) is 0 Å². The average molecular weight is 315 g/mol. The Labute approximate surface area is 140 Å². The van der Waals surface area contributed by atoms with Crippen LogP contribution in [0.4, 0.5) is 0 Å². The number of hydrogen-bond acceptors (Lipinski definition) is 3. The molecule has 0 fully saturated rings. The Morgan fingerprint density at radius 1 is 1.22 bits per heavy atom. The first-order valence-corrected chi connectivity index (χ1v) is 8.84. The van der Waals surface area contributed by atoms with E-state index in [0.717, 1.165) is 50.1 Å². The zero-order chi connectivity index (χ0) is 16.5. The number of nitrogens with one attached hydrogen (secondary N) is 1. The number of hydrogen-bond donors (Lipinski definition) is 1. The molecule has 1 N–H and O–H groups in total. The summed E-state index contributed by atoms with van der Waals surface area (Å²) in [5.74, 6) is 1.21. The van der Waals surface area contributed by atoms with Gasteiger partial charge in [-0.05, 0) is 63.4 Å². The van der Waals surface area contributed by atoms with E-state index in [9.17, 15) is 4.79 Å². The molecule has 0 aliphatic heterocycles. The molecule has 2 rings (SSSR count). The van der Waals surface area contributed by atoms with Crippen LogP contribution >= 0.6 is 0 Å². The average Bonchev–Trinajstić information content (AvgIpc) is 2.56. The lowest BCUT2D eigenvalue weighted by Gasteiger charge is -2.21. The number of Topliss-reactive ketones (excluding diaryl/α,β-unsaturated/α-hetero) is 1. The van der Waals surface area contributed by atoms with E-state index in [-0.39, 0.29) is 5.78 Å². The van der Waals surface area contributed by atoms with Crippen LogP contribution in [-0.4, -0.2) is 26.0 Å². The second-order valence-electron chi connectivity index (χ2n) is 6.20. The number of allylic oxidation sites excluding steroid dienone is 1. The van der Waals surface area contributed by atoms with Crippen molar-refractivity contribution in [1.82, 2.24) is 5.32 Å². The predicted octanol–water partition coefficient (Wildman–Crippen LogP) is 4.09. The third-order valence-corrected chi connectivity index (χ3v) is 4.45. The molecule has 0 heterocycles. The highest BCUT2D eigenvalue weighted by Gasteiger charge is 2.21. The predicted molar refractivity (Wildman–Crippen MR) is 95.5 cm³/mol. The van der Waals surface area contributed by atoms with Gasteiger partial charge in [-0.3, -0.25) is 4.79 Å². The minimum atomic E-state index is 0.271. The number of carbonyl (C=O) groups excluding carboxylic acids is 1. The number of fused-ring (bicyclic) bond motifs is 1. The van der Waals surface area contributed by atoms with Crippen molar-refractivity contribution in [2.24, 2.45) is 0 Å². The summed E-state index contributed by atoms with van der Waals surface area (Å²) in [6.45, 7) is 5.69. The summed E-state index contributed by atoms with van der Waals surface area (Å²) in [5, 5.41) is 3.17. The number of ketones is 1. The number of carbonyl (C=O) groups is 1. The summed E-state index contributed by atoms with van der Waals surface area (Å²) in [7, 11) is 1.99. The maximum absolute atomic E-state index is 12.1. The number of unbranched alkanes of at least 4 members (excludes halogenated alkanes) is 3. The van der Waals surface area contributed by atoms with Gasteiger partial charge in [0.15, 0.2) is 5.78 Å². The third kappa shape index (κ3) is 4.93. The smallest absolute Gasteiger partial charge is 0.163 e. The van der Waals surface area contributed by atoms with Crippen molar-refractivity contribution in [2.75, 3.05) is 20.2 Å². The van der Waals surface area contributed by atoms with E-state index < -0.39 is 0 Å². The first-order valence-electron chi connectivity index (χ1n) is 8.84. The molecular weight excluding hydrogens is 286 g/mol. The fourth-order valence-electron chi connectivity index (χ4n) is 3.22. The molecule has 1 aliphatic rings. The Bertz CT molecular complexity index is 537. The molecule has 23 heavy (non-hydrogen) atoms. The van der Waals surface area contributed by atoms with E-state index in [2.05, 4.69) is 11.9 Å². The quantitative estimate of drug-likeness (QED) is 0.522. The van der Waals surface area contributed by atoms with E-state index in [0.29, 0.717) is 6.42 Å². The number of benzene rings is 1. The fraction of sp³-hybridized carbons (Fsp3) is 0.550. The van der Waals surface area contributed by atoms with Gasteiger partial charge in [-0.1, -0.05) is 18.9 Å². The van der Waals surface area contributed by atoms with Crippen LogP contribution in [0.2, 0.25) is 0 Å². The van der Waals surface area contributed by atoms with Gasteiger partial charge in [-0.15, -0.1) is 6.58 Å². The molecule has 0 aromatic heterocycles. The first kappa shape index (κ1) is 17.7. The van der Waals surface area contributed by atoms with Crippen LogP contribution in [0.25, 0.3) is 0 Å². The van der Waals surface area contributed by atoms with Crippen LogP contribution in [0.15, 0.2) is 24.8 Å². The molecule has 0 saturated carbocycles. The molecule has 0 radical (unpaired) electrons. The summed E-state index contributed by atoms with van der Waals surface area (Å²) in [6, 6.07) is 3.92. The summed E-state index contributed by atoms with van der Waals surface area (Å²) < 4.78 is 6.02. The summed E-state index contributed by atoms with van der Waals surface area (Å²) in [6.07, 6.45) is 10.0. The molecule has 0 saturated heterocycles. The molecule has 126 valence electrons. The van der Waals surface area contributed by atoms with Crippen molar-refractivity contribution in [1.29, 1.82) is 0 Å². The highest BCUT2D eigenvalue weighted by Crippen LogP contribution is 2.32. The highest BCUT2D eigenvalue weighted by atomic mass is 16.5. The molecule has 0 amide bonds. The molecule has 1 aromatic carbocycles. The lowest BCUT2D eigenvalue weighted by Crippen LogP contribution is -2.14. The molecule has 3 heteroatoms. The molecule has 0 bridgehead atoms. The minimum absolute atomic E-state index is 0.271. The second kappa shape index (κ2) is 9.51. The van der Waals surface area contributed by atoms with Crippen molar-refractivity contribution in [2.45, 2.75) is 51.4 Å². The van der Waals surface area contributed by atoms with Crippen molar-refractivity contribution >= 4 is 5.78 Å². The second-order valence-corrected chi connectivity index (χ2v) is 6.20. The van der Waals surface area contributed by atoms with Gasteiger partial charge in [-0.25, -0.2) is 0 Å². The number of rotatable bonds is 10. The van der Waals surface area contributed by atoms with Crippen molar-refractivity contribution in [3.8, 4) is 5.75 Å². The molecule has 0 unspecified atom stereocenters. The normalized spacial score (nSPS) is 13.7. The molecule has 3 nitrogen and oxygen atoms in total. The van der Waals surface area contributed by atoms with Gasteiger partial charge in [0.05, 0.1) is 6.61 Å². The van der Waals surface area contributed by atoms with E-state index >= 15 is 0 Å². The zero-order valence-corrected chi connectivity index (χ0v) is 14.3. The largest absolute Gasteiger partial charge is 0.493 e. The Morgan fingerprint density at radius 2 is 2.04 bits per heavy atom. The summed E-state index contributed by atoms with van der Waals surface area (Å²) in [4.78, 5) is 12.1.